The molecule has 0 saturated heterocycles. The van der Waals surface area contributed by atoms with Gasteiger partial charge in [0.25, 0.3) is 5.91 Å². The van der Waals surface area contributed by atoms with Crippen LogP contribution in [0.5, 0.6) is 5.75 Å². The molecule has 7 nitrogen and oxygen atoms in total. The molecule has 0 radical (unpaired) electrons. The summed E-state index contributed by atoms with van der Waals surface area (Å²) in [5, 5.41) is 3.33. The summed E-state index contributed by atoms with van der Waals surface area (Å²) in [4.78, 5) is 35.8. The number of ether oxygens (including phenoxy) is 1. The molecule has 2 rings (SSSR count). The van der Waals surface area contributed by atoms with Crippen molar-refractivity contribution in [2.75, 3.05) is 5.32 Å². The first-order chi connectivity index (χ1) is 13.7. The van der Waals surface area contributed by atoms with Gasteiger partial charge in [-0.05, 0) is 44.2 Å². The Bertz CT molecular complexity index is 888. The molecule has 0 bridgehead atoms. The lowest BCUT2D eigenvalue weighted by Gasteiger charge is -2.15. The summed E-state index contributed by atoms with van der Waals surface area (Å²) in [5.74, 6) is -0.886. The molecule has 2 aromatic rings. The van der Waals surface area contributed by atoms with Crippen molar-refractivity contribution >= 4 is 46.6 Å². The van der Waals surface area contributed by atoms with E-state index < -0.39 is 23.8 Å². The standard InChI is InChI=1S/C20H21Cl2N3O4/c1-12-3-6-15(7-4-12)29-13(2)20(28)25-24-19(27)10-9-18(26)23-17-8-5-14(21)11-16(17)22/h3-8,11,13H,9-10H2,1-2H3,(H,23,26)(H,24,27)(H,25,28). The highest BCUT2D eigenvalue weighted by atomic mass is 35.5. The fourth-order valence-corrected chi connectivity index (χ4v) is 2.66. The van der Waals surface area contributed by atoms with Crippen LogP contribution < -0.4 is 20.9 Å². The Morgan fingerprint density at radius 1 is 0.966 bits per heavy atom. The molecule has 9 heteroatoms. The van der Waals surface area contributed by atoms with Crippen LogP contribution in [0.3, 0.4) is 0 Å². The minimum Gasteiger partial charge on any atom is -0.481 e. The molecule has 0 aromatic heterocycles. The fraction of sp³-hybridized carbons (Fsp3) is 0.250. The molecule has 0 heterocycles. The summed E-state index contributed by atoms with van der Waals surface area (Å²) >= 11 is 11.8. The Kier molecular flexibility index (Phi) is 8.30. The van der Waals surface area contributed by atoms with Gasteiger partial charge in [-0.25, -0.2) is 0 Å². The third-order valence-electron chi connectivity index (χ3n) is 3.81. The molecule has 2 aromatic carbocycles. The first-order valence-corrected chi connectivity index (χ1v) is 9.57. The SMILES string of the molecule is Cc1ccc(OC(C)C(=O)NNC(=O)CCC(=O)Nc2ccc(Cl)cc2Cl)cc1. The van der Waals surface area contributed by atoms with Crippen molar-refractivity contribution < 1.29 is 19.1 Å². The molecule has 0 saturated carbocycles. The lowest BCUT2D eigenvalue weighted by Crippen LogP contribution is -2.47. The maximum absolute atomic E-state index is 12.0. The molecular formula is C20H21Cl2N3O4. The van der Waals surface area contributed by atoms with E-state index in [1.807, 2.05) is 19.1 Å². The van der Waals surface area contributed by atoms with Crippen molar-refractivity contribution in [1.82, 2.24) is 10.9 Å². The van der Waals surface area contributed by atoms with Gasteiger partial charge in [0.15, 0.2) is 6.10 Å². The van der Waals surface area contributed by atoms with E-state index in [1.54, 1.807) is 31.2 Å². The Labute approximate surface area is 178 Å². The van der Waals surface area contributed by atoms with Crippen LogP contribution in [0.25, 0.3) is 0 Å². The van der Waals surface area contributed by atoms with Crippen molar-refractivity contribution in [1.29, 1.82) is 0 Å². The molecule has 0 aliphatic rings. The number of rotatable bonds is 7. The van der Waals surface area contributed by atoms with Gasteiger partial charge in [0.2, 0.25) is 11.8 Å². The topological polar surface area (TPSA) is 96.5 Å². The number of benzene rings is 2. The molecular weight excluding hydrogens is 417 g/mol. The number of carbonyl (C=O) groups excluding carboxylic acids is 3. The van der Waals surface area contributed by atoms with Crippen LogP contribution in [0.2, 0.25) is 10.0 Å². The third-order valence-corrected chi connectivity index (χ3v) is 4.36. The average Bonchev–Trinajstić information content (AvgIpc) is 2.68. The Balaban J connectivity index is 1.70. The number of nitrogens with one attached hydrogen (secondary N) is 3. The minimum atomic E-state index is -0.812. The number of hydrazine groups is 1. The molecule has 29 heavy (non-hydrogen) atoms. The van der Waals surface area contributed by atoms with E-state index in [0.29, 0.717) is 21.5 Å². The van der Waals surface area contributed by atoms with Crippen LogP contribution in [0.4, 0.5) is 5.69 Å². The van der Waals surface area contributed by atoms with E-state index in [4.69, 9.17) is 27.9 Å². The minimum absolute atomic E-state index is 0.0872. The van der Waals surface area contributed by atoms with Gasteiger partial charge in [-0.1, -0.05) is 40.9 Å². The lowest BCUT2D eigenvalue weighted by molar-refractivity contribution is -0.133. The van der Waals surface area contributed by atoms with E-state index in [-0.39, 0.29) is 12.8 Å². The van der Waals surface area contributed by atoms with E-state index in [9.17, 15) is 14.4 Å². The first-order valence-electron chi connectivity index (χ1n) is 8.81. The van der Waals surface area contributed by atoms with Gasteiger partial charge in [0, 0.05) is 17.9 Å². The van der Waals surface area contributed by atoms with Crippen LogP contribution in [0.15, 0.2) is 42.5 Å². The summed E-state index contributed by atoms with van der Waals surface area (Å²) in [6.07, 6.45) is -1.02. The molecule has 0 fully saturated rings. The number of halogens is 2. The van der Waals surface area contributed by atoms with Crippen molar-refractivity contribution in [3.8, 4) is 5.75 Å². The van der Waals surface area contributed by atoms with Gasteiger partial charge in [0.05, 0.1) is 10.7 Å². The van der Waals surface area contributed by atoms with Crippen molar-refractivity contribution in [2.45, 2.75) is 32.8 Å². The molecule has 0 spiro atoms. The van der Waals surface area contributed by atoms with Crippen LogP contribution in [0.1, 0.15) is 25.3 Å². The van der Waals surface area contributed by atoms with Crippen LogP contribution >= 0.6 is 23.2 Å². The molecule has 0 aliphatic carbocycles. The summed E-state index contributed by atoms with van der Waals surface area (Å²) in [5.41, 5.74) is 6.00. The number of hydrogen-bond donors (Lipinski definition) is 3. The smallest absolute Gasteiger partial charge is 0.279 e. The number of anilines is 1. The zero-order valence-corrected chi connectivity index (χ0v) is 17.4. The highest BCUT2D eigenvalue weighted by molar-refractivity contribution is 6.36. The molecule has 0 aliphatic heterocycles. The van der Waals surface area contributed by atoms with E-state index >= 15 is 0 Å². The second-order valence-electron chi connectivity index (χ2n) is 6.28. The Morgan fingerprint density at radius 3 is 2.28 bits per heavy atom. The molecule has 1 atom stereocenters. The van der Waals surface area contributed by atoms with Crippen LogP contribution in [0, 0.1) is 6.92 Å². The lowest BCUT2D eigenvalue weighted by atomic mass is 10.2. The predicted molar refractivity (Wildman–Crippen MR) is 112 cm³/mol. The summed E-state index contributed by atoms with van der Waals surface area (Å²) in [6.45, 7) is 3.50. The summed E-state index contributed by atoms with van der Waals surface area (Å²) < 4.78 is 5.50. The normalized spacial score (nSPS) is 11.3. The monoisotopic (exact) mass is 437 g/mol. The first kappa shape index (κ1) is 22.5. The van der Waals surface area contributed by atoms with Gasteiger partial charge in [-0.3, -0.25) is 25.2 Å². The van der Waals surface area contributed by atoms with Gasteiger partial charge in [-0.15, -0.1) is 0 Å². The summed E-state index contributed by atoms with van der Waals surface area (Å²) in [6, 6.07) is 11.9. The largest absolute Gasteiger partial charge is 0.481 e. The van der Waals surface area contributed by atoms with E-state index in [0.717, 1.165) is 5.56 Å². The molecule has 3 N–H and O–H groups in total. The maximum Gasteiger partial charge on any atom is 0.279 e. The number of hydrogen-bond acceptors (Lipinski definition) is 4. The van der Waals surface area contributed by atoms with Crippen molar-refractivity contribution in [3.05, 3.63) is 58.1 Å². The van der Waals surface area contributed by atoms with Gasteiger partial charge >= 0.3 is 0 Å². The zero-order valence-electron chi connectivity index (χ0n) is 15.9. The molecule has 1 unspecified atom stereocenters. The number of amides is 3. The van der Waals surface area contributed by atoms with Crippen molar-refractivity contribution in [3.63, 3.8) is 0 Å². The van der Waals surface area contributed by atoms with E-state index in [2.05, 4.69) is 16.2 Å². The van der Waals surface area contributed by atoms with Crippen LogP contribution in [-0.4, -0.2) is 23.8 Å². The highest BCUT2D eigenvalue weighted by Gasteiger charge is 2.16. The van der Waals surface area contributed by atoms with Gasteiger partial charge in [-0.2, -0.15) is 0 Å². The Morgan fingerprint density at radius 2 is 1.62 bits per heavy atom. The van der Waals surface area contributed by atoms with Gasteiger partial charge in [0.1, 0.15) is 5.75 Å². The second kappa shape index (κ2) is 10.7. The molecule has 154 valence electrons. The zero-order chi connectivity index (χ0) is 21.4. The second-order valence-corrected chi connectivity index (χ2v) is 7.13. The maximum atomic E-state index is 12.0. The highest BCUT2D eigenvalue weighted by Crippen LogP contribution is 2.25. The van der Waals surface area contributed by atoms with Gasteiger partial charge < -0.3 is 10.1 Å². The third kappa shape index (κ3) is 7.63. The number of aryl methyl sites for hydroxylation is 1. The molecule has 3 amide bonds. The van der Waals surface area contributed by atoms with Crippen LogP contribution in [-0.2, 0) is 14.4 Å². The van der Waals surface area contributed by atoms with Crippen molar-refractivity contribution in [2.24, 2.45) is 0 Å². The average molecular weight is 438 g/mol. The number of carbonyl (C=O) groups is 3. The summed E-state index contributed by atoms with van der Waals surface area (Å²) in [7, 11) is 0. The Hall–Kier alpha value is -2.77. The fourth-order valence-electron chi connectivity index (χ4n) is 2.20. The predicted octanol–water partition coefficient (Wildman–Crippen LogP) is 3.64. The van der Waals surface area contributed by atoms with E-state index in [1.165, 1.54) is 6.07 Å². The quantitative estimate of drug-likeness (QED) is 0.576.